The zero-order chi connectivity index (χ0) is 20.3. The molecule has 3 aromatic rings. The molecule has 10 heteroatoms. The van der Waals surface area contributed by atoms with E-state index in [1.165, 1.54) is 29.8 Å². The van der Waals surface area contributed by atoms with Gasteiger partial charge in [0.15, 0.2) is 23.0 Å². The normalized spacial score (nSPS) is 18.9. The highest BCUT2D eigenvalue weighted by Crippen LogP contribution is 2.38. The predicted octanol–water partition coefficient (Wildman–Crippen LogP) is 2.58. The third kappa shape index (κ3) is 3.21. The number of ether oxygens (including phenoxy) is 1. The van der Waals surface area contributed by atoms with Gasteiger partial charge >= 0.3 is 6.11 Å². The minimum absolute atomic E-state index is 0.00850. The van der Waals surface area contributed by atoms with Gasteiger partial charge in [0.05, 0.1) is 0 Å². The van der Waals surface area contributed by atoms with Crippen LogP contribution in [0.5, 0.6) is 11.5 Å². The number of hydrogen-bond acceptors (Lipinski definition) is 7. The molecular weight excluding hydrogens is 382 g/mol. The van der Waals surface area contributed by atoms with Crippen LogP contribution >= 0.6 is 0 Å². The number of halogens is 2. The monoisotopic (exact) mass is 404 g/mol. The molecule has 1 aromatic carbocycles. The first kappa shape index (κ1) is 18.3. The van der Waals surface area contributed by atoms with Crippen molar-refractivity contribution in [2.75, 3.05) is 18.8 Å². The molecule has 2 aliphatic rings. The highest BCUT2D eigenvalue weighted by atomic mass is 19.3. The van der Waals surface area contributed by atoms with E-state index in [2.05, 4.69) is 24.7 Å². The summed E-state index contributed by atoms with van der Waals surface area (Å²) in [5.41, 5.74) is 6.43. The number of rotatable bonds is 5. The van der Waals surface area contributed by atoms with Crippen molar-refractivity contribution in [3.63, 3.8) is 0 Å². The Hall–Kier alpha value is -2.75. The van der Waals surface area contributed by atoms with Crippen LogP contribution in [0.2, 0.25) is 0 Å². The molecule has 3 N–H and O–H groups in total. The number of nitrogens with zero attached hydrogens (tertiary/aromatic N) is 5. The van der Waals surface area contributed by atoms with Crippen molar-refractivity contribution in [2.24, 2.45) is 5.92 Å². The van der Waals surface area contributed by atoms with Crippen molar-refractivity contribution in [2.45, 2.75) is 44.8 Å². The molecule has 1 saturated heterocycles. The van der Waals surface area contributed by atoms with E-state index in [4.69, 9.17) is 5.73 Å². The topological polar surface area (TPSA) is 102 Å². The Bertz CT molecular complexity index is 1090. The number of anilines is 1. The third-order valence-electron chi connectivity index (χ3n) is 5.78. The highest BCUT2D eigenvalue weighted by molar-refractivity contribution is 5.97. The lowest BCUT2D eigenvalue weighted by molar-refractivity contribution is -0.159. The van der Waals surface area contributed by atoms with Gasteiger partial charge in [-0.25, -0.2) is 9.97 Å². The van der Waals surface area contributed by atoms with E-state index < -0.39 is 17.6 Å². The van der Waals surface area contributed by atoms with Crippen molar-refractivity contribution in [1.29, 1.82) is 0 Å². The van der Waals surface area contributed by atoms with Crippen LogP contribution in [-0.2, 0) is 6.42 Å². The number of nitrogens with two attached hydrogens (primary N) is 1. The fourth-order valence-electron chi connectivity index (χ4n) is 4.12. The van der Waals surface area contributed by atoms with E-state index in [9.17, 15) is 13.9 Å². The summed E-state index contributed by atoms with van der Waals surface area (Å²) in [5.74, 6) is 0.256. The van der Waals surface area contributed by atoms with E-state index in [1.807, 2.05) is 0 Å². The number of phenolic OH excluding ortho intramolecular Hbond substituents is 1. The molecule has 8 nitrogen and oxygen atoms in total. The molecule has 0 amide bonds. The number of nitrogen functional groups attached to an aromatic ring is 1. The van der Waals surface area contributed by atoms with Crippen molar-refractivity contribution in [1.82, 2.24) is 24.5 Å². The maximum atomic E-state index is 13.4. The number of aromatic hydroxyl groups is 1. The van der Waals surface area contributed by atoms with E-state index in [0.717, 1.165) is 25.6 Å². The van der Waals surface area contributed by atoms with Crippen molar-refractivity contribution in [3.8, 4) is 11.5 Å². The first-order chi connectivity index (χ1) is 13.8. The largest absolute Gasteiger partial charge is 0.504 e. The number of alkyl halides is 2. The van der Waals surface area contributed by atoms with Gasteiger partial charge in [-0.2, -0.15) is 13.3 Å². The number of fused-ring (bicyclic) bond motifs is 3. The average Bonchev–Trinajstić information content (AvgIpc) is 2.98. The molecule has 154 valence electrons. The molecule has 2 aromatic heterocycles. The summed E-state index contributed by atoms with van der Waals surface area (Å²) >= 11 is 0. The van der Waals surface area contributed by atoms with Gasteiger partial charge in [0.2, 0.25) is 5.95 Å². The van der Waals surface area contributed by atoms with Crippen LogP contribution in [0, 0.1) is 5.92 Å². The van der Waals surface area contributed by atoms with Crippen molar-refractivity contribution < 1.29 is 18.6 Å². The molecule has 0 spiro atoms. The zero-order valence-electron chi connectivity index (χ0n) is 16.0. The summed E-state index contributed by atoms with van der Waals surface area (Å²) in [6.07, 6.45) is 1.15. The minimum atomic E-state index is -3.48. The van der Waals surface area contributed by atoms with Crippen molar-refractivity contribution in [3.05, 3.63) is 18.0 Å². The Morgan fingerprint density at radius 1 is 1.28 bits per heavy atom. The van der Waals surface area contributed by atoms with Gasteiger partial charge in [-0.05, 0) is 30.9 Å². The van der Waals surface area contributed by atoms with Crippen molar-refractivity contribution >= 4 is 22.5 Å². The predicted molar refractivity (Wildman–Crippen MR) is 102 cm³/mol. The van der Waals surface area contributed by atoms with Gasteiger partial charge in [-0.15, -0.1) is 5.10 Å². The second-order valence-corrected chi connectivity index (χ2v) is 8.06. The lowest BCUT2D eigenvalue weighted by Crippen LogP contribution is -2.54. The maximum absolute atomic E-state index is 13.4. The summed E-state index contributed by atoms with van der Waals surface area (Å²) in [6, 6.07) is 3.57. The van der Waals surface area contributed by atoms with Crippen LogP contribution in [0.25, 0.3) is 16.6 Å². The lowest BCUT2D eigenvalue weighted by atomic mass is 9.85. The first-order valence-corrected chi connectivity index (χ1v) is 9.76. The molecular formula is C19H22F2N6O2. The van der Waals surface area contributed by atoms with Crippen LogP contribution < -0.4 is 10.5 Å². The Kier molecular flexibility index (Phi) is 4.02. The molecule has 1 aliphatic carbocycles. The molecule has 1 aliphatic heterocycles. The maximum Gasteiger partial charge on any atom is 0.395 e. The fraction of sp³-hybridized carbons (Fsp3) is 0.526. The SMILES string of the molecule is CC(F)(F)Oc1c(O)ccc2c1nc(N)n1nc(CC3CN(C4CCC4)C3)nc21. The summed E-state index contributed by atoms with van der Waals surface area (Å²) in [7, 11) is 0. The third-order valence-corrected chi connectivity index (χ3v) is 5.78. The number of hydrogen-bond donors (Lipinski definition) is 2. The molecule has 3 heterocycles. The summed E-state index contributed by atoms with van der Waals surface area (Å²) in [5, 5.41) is 14.9. The zero-order valence-corrected chi connectivity index (χ0v) is 16.0. The summed E-state index contributed by atoms with van der Waals surface area (Å²) in [6.45, 7) is 2.69. The second-order valence-electron chi connectivity index (χ2n) is 8.06. The lowest BCUT2D eigenvalue weighted by Gasteiger charge is -2.47. The van der Waals surface area contributed by atoms with Gasteiger partial charge in [0.1, 0.15) is 5.52 Å². The molecule has 0 bridgehead atoms. The van der Waals surface area contributed by atoms with E-state index in [1.54, 1.807) is 6.07 Å². The Labute approximate surface area is 165 Å². The van der Waals surface area contributed by atoms with E-state index >= 15 is 0 Å². The number of likely N-dealkylation sites (tertiary alicyclic amines) is 1. The second kappa shape index (κ2) is 6.38. The van der Waals surface area contributed by atoms with Gasteiger partial charge in [-0.1, -0.05) is 6.42 Å². The van der Waals surface area contributed by atoms with Crippen LogP contribution in [0.3, 0.4) is 0 Å². The van der Waals surface area contributed by atoms with Crippen LogP contribution in [-0.4, -0.2) is 54.8 Å². The Balaban J connectivity index is 1.48. The van der Waals surface area contributed by atoms with Crippen LogP contribution in [0.1, 0.15) is 32.0 Å². The molecule has 1 saturated carbocycles. The summed E-state index contributed by atoms with van der Waals surface area (Å²) in [4.78, 5) is 11.2. The molecule has 29 heavy (non-hydrogen) atoms. The fourth-order valence-corrected chi connectivity index (χ4v) is 4.12. The quantitative estimate of drug-likeness (QED) is 0.674. The Morgan fingerprint density at radius 3 is 2.69 bits per heavy atom. The molecule has 0 atom stereocenters. The van der Waals surface area contributed by atoms with Gasteiger partial charge in [0.25, 0.3) is 0 Å². The Morgan fingerprint density at radius 2 is 2.03 bits per heavy atom. The van der Waals surface area contributed by atoms with Crippen LogP contribution in [0.15, 0.2) is 12.1 Å². The van der Waals surface area contributed by atoms with Gasteiger partial charge < -0.3 is 15.6 Å². The summed E-state index contributed by atoms with van der Waals surface area (Å²) < 4.78 is 32.9. The van der Waals surface area contributed by atoms with E-state index in [0.29, 0.717) is 29.7 Å². The molecule has 2 fully saturated rings. The number of benzene rings is 1. The van der Waals surface area contributed by atoms with Gasteiger partial charge in [-0.3, -0.25) is 4.90 Å². The standard InChI is InChI=1S/C19H22F2N6O2/c1-19(20,21)29-16-13(28)6-5-12-15(16)24-18(22)27-17(12)23-14(25-27)7-10-8-26(9-10)11-3-2-4-11/h5-6,10-11,28H,2-4,7-9H2,1H3,(H2,22,24). The van der Waals surface area contributed by atoms with Crippen LogP contribution in [0.4, 0.5) is 14.7 Å². The smallest absolute Gasteiger partial charge is 0.395 e. The average molecular weight is 404 g/mol. The molecule has 0 radical (unpaired) electrons. The molecule has 5 rings (SSSR count). The molecule has 0 unspecified atom stereocenters. The first-order valence-electron chi connectivity index (χ1n) is 9.76. The highest BCUT2D eigenvalue weighted by Gasteiger charge is 2.35. The van der Waals surface area contributed by atoms with Gasteiger partial charge in [0, 0.05) is 37.9 Å². The number of aromatic nitrogens is 4. The minimum Gasteiger partial charge on any atom is -0.504 e. The van der Waals surface area contributed by atoms with E-state index in [-0.39, 0.29) is 11.5 Å². The number of phenols is 1.